The number of hydrogen-bond donors (Lipinski definition) is 5. The second-order valence-corrected chi connectivity index (χ2v) is 4.77. The molecule has 0 aliphatic rings. The molecule has 110 valence electrons. The van der Waals surface area contributed by atoms with Crippen LogP contribution in [0.5, 0.6) is 0 Å². The molecule has 0 spiro atoms. The van der Waals surface area contributed by atoms with Gasteiger partial charge >= 0.3 is 0 Å². The molecule has 5 N–H and O–H groups in total. The van der Waals surface area contributed by atoms with Crippen molar-refractivity contribution in [2.75, 3.05) is 26.7 Å². The zero-order chi connectivity index (χ0) is 14.1. The minimum Gasteiger partial charge on any atom is -0.394 e. The molecule has 0 rings (SSSR count). The van der Waals surface area contributed by atoms with E-state index in [1.807, 2.05) is 11.9 Å². The number of aliphatic hydroxyl groups excluding tert-OH is 5. The van der Waals surface area contributed by atoms with Gasteiger partial charge in [0.05, 0.1) is 12.7 Å². The van der Waals surface area contributed by atoms with E-state index in [4.69, 9.17) is 10.2 Å². The molecule has 0 saturated carbocycles. The van der Waals surface area contributed by atoms with Crippen molar-refractivity contribution in [3.05, 3.63) is 0 Å². The van der Waals surface area contributed by atoms with Crippen LogP contribution < -0.4 is 0 Å². The van der Waals surface area contributed by atoms with E-state index in [0.29, 0.717) is 0 Å². The highest BCUT2D eigenvalue weighted by Gasteiger charge is 2.30. The Labute approximate surface area is 108 Å². The molecule has 0 aromatic carbocycles. The van der Waals surface area contributed by atoms with Crippen LogP contribution in [0.2, 0.25) is 0 Å². The fourth-order valence-corrected chi connectivity index (χ4v) is 1.71. The lowest BCUT2D eigenvalue weighted by Crippen LogP contribution is -2.49. The van der Waals surface area contributed by atoms with E-state index in [0.717, 1.165) is 25.8 Å². The minimum absolute atomic E-state index is 0.208. The first-order valence-corrected chi connectivity index (χ1v) is 6.45. The molecule has 0 unspecified atom stereocenters. The molecule has 0 fully saturated rings. The van der Waals surface area contributed by atoms with Crippen LogP contribution in [0.25, 0.3) is 0 Å². The van der Waals surface area contributed by atoms with Crippen molar-refractivity contribution in [1.82, 2.24) is 4.90 Å². The SMILES string of the molecule is CCCCCN(C)C[C@H](O)[C@@H](O)[C@H](O)[C@H](O)CO. The lowest BCUT2D eigenvalue weighted by atomic mass is 10.0. The maximum Gasteiger partial charge on any atom is 0.111 e. The lowest BCUT2D eigenvalue weighted by molar-refractivity contribution is -0.118. The summed E-state index contributed by atoms with van der Waals surface area (Å²) in [6.07, 6.45) is -2.39. The Hall–Kier alpha value is -0.240. The molecule has 4 atom stereocenters. The van der Waals surface area contributed by atoms with Gasteiger partial charge in [-0.3, -0.25) is 0 Å². The number of hydrogen-bond acceptors (Lipinski definition) is 6. The van der Waals surface area contributed by atoms with Crippen LogP contribution in [0.15, 0.2) is 0 Å². The molecule has 0 aliphatic heterocycles. The van der Waals surface area contributed by atoms with Gasteiger partial charge in [-0.15, -0.1) is 0 Å². The van der Waals surface area contributed by atoms with Gasteiger partial charge < -0.3 is 30.4 Å². The summed E-state index contributed by atoms with van der Waals surface area (Å²) in [6.45, 7) is 2.46. The normalized spacial score (nSPS) is 18.7. The third kappa shape index (κ3) is 6.63. The van der Waals surface area contributed by atoms with Gasteiger partial charge in [-0.2, -0.15) is 0 Å². The number of nitrogens with zero attached hydrogens (tertiary/aromatic N) is 1. The first-order valence-electron chi connectivity index (χ1n) is 6.45. The summed E-state index contributed by atoms with van der Waals surface area (Å²) < 4.78 is 0. The number of unbranched alkanes of at least 4 members (excludes halogenated alkanes) is 2. The molecule has 0 bridgehead atoms. The predicted molar refractivity (Wildman–Crippen MR) is 68.1 cm³/mol. The number of aliphatic hydroxyl groups is 5. The van der Waals surface area contributed by atoms with Gasteiger partial charge in [-0.05, 0) is 20.0 Å². The largest absolute Gasteiger partial charge is 0.394 e. The van der Waals surface area contributed by atoms with E-state index >= 15 is 0 Å². The Bertz CT molecular complexity index is 205. The van der Waals surface area contributed by atoms with Gasteiger partial charge in [0, 0.05) is 6.54 Å². The molecule has 18 heavy (non-hydrogen) atoms. The van der Waals surface area contributed by atoms with Crippen LogP contribution in [-0.4, -0.2) is 81.6 Å². The lowest BCUT2D eigenvalue weighted by Gasteiger charge is -2.28. The number of likely N-dealkylation sites (N-methyl/N-ethyl adjacent to an activating group) is 1. The predicted octanol–water partition coefficient (Wildman–Crippen LogP) is -1.46. The van der Waals surface area contributed by atoms with Gasteiger partial charge in [-0.1, -0.05) is 19.8 Å². The molecule has 0 aromatic rings. The Morgan fingerprint density at radius 1 is 0.944 bits per heavy atom. The van der Waals surface area contributed by atoms with Crippen molar-refractivity contribution in [3.63, 3.8) is 0 Å². The highest BCUT2D eigenvalue weighted by molar-refractivity contribution is 4.81. The average molecular weight is 265 g/mol. The van der Waals surface area contributed by atoms with E-state index in [1.54, 1.807) is 0 Å². The van der Waals surface area contributed by atoms with Gasteiger partial charge in [0.1, 0.15) is 18.3 Å². The quantitative estimate of drug-likeness (QED) is 0.309. The minimum atomic E-state index is -1.55. The van der Waals surface area contributed by atoms with Crippen molar-refractivity contribution in [1.29, 1.82) is 0 Å². The van der Waals surface area contributed by atoms with E-state index in [2.05, 4.69) is 6.92 Å². The Kier molecular flexibility index (Phi) is 9.53. The van der Waals surface area contributed by atoms with Crippen molar-refractivity contribution >= 4 is 0 Å². The fraction of sp³-hybridized carbons (Fsp3) is 1.00. The van der Waals surface area contributed by atoms with Crippen molar-refractivity contribution < 1.29 is 25.5 Å². The topological polar surface area (TPSA) is 104 Å². The summed E-state index contributed by atoms with van der Waals surface area (Å²) in [5.74, 6) is 0. The third-order valence-corrected chi connectivity index (χ3v) is 2.97. The van der Waals surface area contributed by atoms with E-state index in [1.165, 1.54) is 0 Å². The average Bonchev–Trinajstić information content (AvgIpc) is 2.36. The maximum absolute atomic E-state index is 9.72. The monoisotopic (exact) mass is 265 g/mol. The highest BCUT2D eigenvalue weighted by Crippen LogP contribution is 2.07. The molecular weight excluding hydrogens is 238 g/mol. The van der Waals surface area contributed by atoms with Crippen molar-refractivity contribution in [2.24, 2.45) is 0 Å². The fourth-order valence-electron chi connectivity index (χ4n) is 1.71. The Morgan fingerprint density at radius 3 is 2.00 bits per heavy atom. The molecule has 0 radical (unpaired) electrons. The Morgan fingerprint density at radius 2 is 1.50 bits per heavy atom. The summed E-state index contributed by atoms with van der Waals surface area (Å²) in [4.78, 5) is 1.86. The van der Waals surface area contributed by atoms with Crippen LogP contribution in [0, 0.1) is 0 Å². The van der Waals surface area contributed by atoms with Gasteiger partial charge in [-0.25, -0.2) is 0 Å². The summed E-state index contributed by atoms with van der Waals surface area (Å²) in [7, 11) is 1.82. The molecule has 6 heteroatoms. The van der Waals surface area contributed by atoms with Crippen LogP contribution in [0.3, 0.4) is 0 Å². The smallest absolute Gasteiger partial charge is 0.111 e. The molecule has 0 saturated heterocycles. The zero-order valence-electron chi connectivity index (χ0n) is 11.2. The van der Waals surface area contributed by atoms with Gasteiger partial charge in [0.25, 0.3) is 0 Å². The Balaban J connectivity index is 4.02. The molecule has 0 amide bonds. The van der Waals surface area contributed by atoms with Crippen molar-refractivity contribution in [2.45, 2.75) is 50.6 Å². The van der Waals surface area contributed by atoms with Gasteiger partial charge in [0.2, 0.25) is 0 Å². The van der Waals surface area contributed by atoms with Crippen molar-refractivity contribution in [3.8, 4) is 0 Å². The third-order valence-electron chi connectivity index (χ3n) is 2.97. The molecular formula is C12H27NO5. The summed E-state index contributed by atoms with van der Waals surface area (Å²) >= 11 is 0. The van der Waals surface area contributed by atoms with E-state index < -0.39 is 31.0 Å². The summed E-state index contributed by atoms with van der Waals surface area (Å²) in [5, 5.41) is 46.6. The van der Waals surface area contributed by atoms with Crippen LogP contribution in [0.4, 0.5) is 0 Å². The second kappa shape index (κ2) is 9.66. The summed E-state index contributed by atoms with van der Waals surface area (Å²) in [5.41, 5.74) is 0. The van der Waals surface area contributed by atoms with E-state index in [-0.39, 0.29) is 6.54 Å². The maximum atomic E-state index is 9.72. The van der Waals surface area contributed by atoms with E-state index in [9.17, 15) is 15.3 Å². The zero-order valence-corrected chi connectivity index (χ0v) is 11.2. The number of rotatable bonds is 10. The highest BCUT2D eigenvalue weighted by atomic mass is 16.4. The second-order valence-electron chi connectivity index (χ2n) is 4.77. The molecule has 6 nitrogen and oxygen atoms in total. The molecule has 0 aromatic heterocycles. The van der Waals surface area contributed by atoms with Crippen LogP contribution >= 0.6 is 0 Å². The standard InChI is InChI=1S/C12H27NO5/c1-3-4-5-6-13(2)7-9(15)11(17)12(18)10(16)8-14/h9-12,14-18H,3-8H2,1-2H3/t9-,10+,11+,12+/m0/s1. The van der Waals surface area contributed by atoms with Crippen LogP contribution in [-0.2, 0) is 0 Å². The first-order chi connectivity index (χ1) is 8.43. The molecule has 0 heterocycles. The first kappa shape index (κ1) is 17.8. The molecule has 0 aliphatic carbocycles. The summed E-state index contributed by atoms with van der Waals surface area (Å²) in [6, 6.07) is 0. The van der Waals surface area contributed by atoms with Crippen LogP contribution in [0.1, 0.15) is 26.2 Å². The van der Waals surface area contributed by atoms with Gasteiger partial charge in [0.15, 0.2) is 0 Å².